The number of aryl methyl sites for hydroxylation is 1. The van der Waals surface area contributed by atoms with Gasteiger partial charge in [0.1, 0.15) is 17.9 Å². The molecule has 0 radical (unpaired) electrons. The molecule has 0 aliphatic carbocycles. The summed E-state index contributed by atoms with van der Waals surface area (Å²) in [5, 5.41) is 20.0. The van der Waals surface area contributed by atoms with Crippen LogP contribution in [0.3, 0.4) is 0 Å². The normalized spacial score (nSPS) is 13.1. The molecule has 0 unspecified atom stereocenters. The molecule has 0 fully saturated rings. The van der Waals surface area contributed by atoms with Crippen LogP contribution >= 0.6 is 23.4 Å². The molecule has 2 aromatic rings. The zero-order valence-corrected chi connectivity index (χ0v) is 17.2. The second-order valence-electron chi connectivity index (χ2n) is 6.57. The lowest BCUT2D eigenvalue weighted by atomic mass is 9.90. The van der Waals surface area contributed by atoms with Crippen molar-refractivity contribution in [3.63, 3.8) is 0 Å². The number of nitrogens with zero attached hydrogens (tertiary/aromatic N) is 3. The summed E-state index contributed by atoms with van der Waals surface area (Å²) < 4.78 is 5.66. The third-order valence-electron chi connectivity index (χ3n) is 4.13. The first-order valence-corrected chi connectivity index (χ1v) is 9.75. The summed E-state index contributed by atoms with van der Waals surface area (Å²) >= 11 is 7.18. The minimum atomic E-state index is -0.896. The molecule has 0 saturated carbocycles. The van der Waals surface area contributed by atoms with Gasteiger partial charge in [-0.3, -0.25) is 9.89 Å². The minimum Gasteiger partial charge on any atom is -0.486 e. The molecule has 1 aromatic carbocycles. The summed E-state index contributed by atoms with van der Waals surface area (Å²) in [4.78, 5) is 16.4. The Bertz CT molecular complexity index is 849. The number of aromatic nitrogens is 3. The number of carbonyl (C=O) groups excluding carboxylic acids is 1. The highest BCUT2D eigenvalue weighted by atomic mass is 35.5. The van der Waals surface area contributed by atoms with E-state index in [2.05, 4.69) is 26.6 Å². The van der Waals surface area contributed by atoms with E-state index in [1.807, 2.05) is 26.8 Å². The Balaban J connectivity index is 1.84. The van der Waals surface area contributed by atoms with Crippen molar-refractivity contribution >= 4 is 29.3 Å². The standard InChI is InChI=1S/C18H22ClN5O2S/c1-11(2)18(4,10-20)22-16(25)9-27-17-21-15(23-24-17)8-26-13-5-6-14(19)12(3)7-13/h5-7,11H,8-9H2,1-4H3,(H,22,25)(H,21,23,24)/t18-/m1/s1. The molecule has 0 aliphatic heterocycles. The van der Waals surface area contributed by atoms with Crippen LogP contribution in [0.1, 0.15) is 32.2 Å². The van der Waals surface area contributed by atoms with Crippen LogP contribution in [0.5, 0.6) is 5.75 Å². The first-order valence-electron chi connectivity index (χ1n) is 8.39. The van der Waals surface area contributed by atoms with Gasteiger partial charge in [-0.25, -0.2) is 4.98 Å². The van der Waals surface area contributed by atoms with E-state index in [1.54, 1.807) is 19.1 Å². The monoisotopic (exact) mass is 407 g/mol. The molecule has 1 heterocycles. The molecule has 2 N–H and O–H groups in total. The molecule has 0 spiro atoms. The van der Waals surface area contributed by atoms with Gasteiger partial charge < -0.3 is 10.1 Å². The summed E-state index contributed by atoms with van der Waals surface area (Å²) in [6.07, 6.45) is 0. The van der Waals surface area contributed by atoms with E-state index < -0.39 is 5.54 Å². The number of nitriles is 1. The lowest BCUT2D eigenvalue weighted by molar-refractivity contribution is -0.120. The fraction of sp³-hybridized carbons (Fsp3) is 0.444. The maximum atomic E-state index is 12.1. The summed E-state index contributed by atoms with van der Waals surface area (Å²) in [7, 11) is 0. The summed E-state index contributed by atoms with van der Waals surface area (Å²) in [5.74, 6) is 1.12. The van der Waals surface area contributed by atoms with Crippen LogP contribution in [0, 0.1) is 24.2 Å². The minimum absolute atomic E-state index is 0.000199. The van der Waals surface area contributed by atoms with E-state index in [0.29, 0.717) is 21.8 Å². The van der Waals surface area contributed by atoms with E-state index in [1.165, 1.54) is 11.8 Å². The lowest BCUT2D eigenvalue weighted by Gasteiger charge is -2.27. The third kappa shape index (κ3) is 5.88. The molecular weight excluding hydrogens is 386 g/mol. The van der Waals surface area contributed by atoms with E-state index in [-0.39, 0.29) is 24.2 Å². The number of thioether (sulfide) groups is 1. The highest BCUT2D eigenvalue weighted by molar-refractivity contribution is 7.99. The number of H-pyrrole nitrogens is 1. The zero-order valence-electron chi connectivity index (χ0n) is 15.7. The molecule has 1 aromatic heterocycles. The number of nitrogens with one attached hydrogen (secondary N) is 2. The molecule has 1 atom stereocenters. The lowest BCUT2D eigenvalue weighted by Crippen LogP contribution is -2.49. The number of aromatic amines is 1. The highest BCUT2D eigenvalue weighted by Gasteiger charge is 2.29. The maximum Gasteiger partial charge on any atom is 0.231 e. The van der Waals surface area contributed by atoms with Crippen LogP contribution < -0.4 is 10.1 Å². The van der Waals surface area contributed by atoms with Gasteiger partial charge in [-0.1, -0.05) is 37.2 Å². The molecular formula is C18H22ClN5O2S. The number of carbonyl (C=O) groups is 1. The van der Waals surface area contributed by atoms with Crippen molar-refractivity contribution in [2.75, 3.05) is 5.75 Å². The van der Waals surface area contributed by atoms with Crippen LogP contribution in [-0.4, -0.2) is 32.4 Å². The van der Waals surface area contributed by atoms with Crippen molar-refractivity contribution in [1.29, 1.82) is 5.26 Å². The quantitative estimate of drug-likeness (QED) is 0.649. The van der Waals surface area contributed by atoms with Crippen molar-refractivity contribution in [3.05, 3.63) is 34.6 Å². The van der Waals surface area contributed by atoms with E-state index in [9.17, 15) is 10.1 Å². The molecule has 0 aliphatic rings. The third-order valence-corrected chi connectivity index (χ3v) is 5.41. The van der Waals surface area contributed by atoms with Gasteiger partial charge in [0.2, 0.25) is 11.1 Å². The van der Waals surface area contributed by atoms with Gasteiger partial charge in [0.05, 0.1) is 11.8 Å². The van der Waals surface area contributed by atoms with E-state index in [0.717, 1.165) is 5.56 Å². The number of hydrogen-bond acceptors (Lipinski definition) is 6. The van der Waals surface area contributed by atoms with Crippen molar-refractivity contribution in [2.24, 2.45) is 5.92 Å². The maximum absolute atomic E-state index is 12.1. The van der Waals surface area contributed by atoms with Crippen LogP contribution in [0.25, 0.3) is 0 Å². The second-order valence-corrected chi connectivity index (χ2v) is 7.92. The molecule has 0 saturated heterocycles. The Morgan fingerprint density at radius 2 is 2.26 bits per heavy atom. The van der Waals surface area contributed by atoms with Gasteiger partial charge in [0.25, 0.3) is 0 Å². The van der Waals surface area contributed by atoms with Crippen LogP contribution in [0.4, 0.5) is 0 Å². The Kier molecular flexibility index (Phi) is 7.11. The predicted molar refractivity (Wildman–Crippen MR) is 105 cm³/mol. The number of benzene rings is 1. The number of hydrogen-bond donors (Lipinski definition) is 2. The molecule has 1 amide bonds. The van der Waals surface area contributed by atoms with Crippen molar-refractivity contribution in [2.45, 2.75) is 45.0 Å². The predicted octanol–water partition coefficient (Wildman–Crippen LogP) is 3.49. The first-order chi connectivity index (χ1) is 12.7. The SMILES string of the molecule is Cc1cc(OCc2nc(SCC(=O)N[C@](C)(C#N)C(C)C)n[nH]2)ccc1Cl. The summed E-state index contributed by atoms with van der Waals surface area (Å²) in [6, 6.07) is 7.55. The van der Waals surface area contributed by atoms with Crippen molar-refractivity contribution in [1.82, 2.24) is 20.5 Å². The fourth-order valence-electron chi connectivity index (χ4n) is 2.02. The second kappa shape index (κ2) is 9.11. The average molecular weight is 408 g/mol. The smallest absolute Gasteiger partial charge is 0.231 e. The van der Waals surface area contributed by atoms with Gasteiger partial charge in [-0.05, 0) is 43.5 Å². The number of halogens is 1. The molecule has 144 valence electrons. The summed E-state index contributed by atoms with van der Waals surface area (Å²) in [5.41, 5.74) is 0.0339. The van der Waals surface area contributed by atoms with Crippen LogP contribution in [0.2, 0.25) is 5.02 Å². The molecule has 27 heavy (non-hydrogen) atoms. The van der Waals surface area contributed by atoms with Gasteiger partial charge in [0, 0.05) is 5.02 Å². The first kappa shape index (κ1) is 21.1. The summed E-state index contributed by atoms with van der Waals surface area (Å²) in [6.45, 7) is 7.61. The number of ether oxygens (including phenoxy) is 1. The van der Waals surface area contributed by atoms with E-state index >= 15 is 0 Å². The molecule has 9 heteroatoms. The topological polar surface area (TPSA) is 104 Å². The van der Waals surface area contributed by atoms with E-state index in [4.69, 9.17) is 16.3 Å². The van der Waals surface area contributed by atoms with Crippen molar-refractivity contribution < 1.29 is 9.53 Å². The Labute approximate surface area is 167 Å². The van der Waals surface area contributed by atoms with Gasteiger partial charge in [0.15, 0.2) is 5.82 Å². The Hall–Kier alpha value is -2.24. The van der Waals surface area contributed by atoms with Crippen LogP contribution in [-0.2, 0) is 11.4 Å². The largest absolute Gasteiger partial charge is 0.486 e. The number of amides is 1. The highest BCUT2D eigenvalue weighted by Crippen LogP contribution is 2.22. The average Bonchev–Trinajstić information content (AvgIpc) is 3.08. The van der Waals surface area contributed by atoms with Gasteiger partial charge in [-0.15, -0.1) is 5.10 Å². The Morgan fingerprint density at radius 1 is 1.52 bits per heavy atom. The molecule has 2 rings (SSSR count). The zero-order chi connectivity index (χ0) is 20.0. The van der Waals surface area contributed by atoms with Gasteiger partial charge in [-0.2, -0.15) is 5.26 Å². The Morgan fingerprint density at radius 3 is 2.89 bits per heavy atom. The van der Waals surface area contributed by atoms with Gasteiger partial charge >= 0.3 is 0 Å². The molecule has 7 nitrogen and oxygen atoms in total. The van der Waals surface area contributed by atoms with Crippen molar-refractivity contribution in [3.8, 4) is 11.8 Å². The number of rotatable bonds is 8. The fourth-order valence-corrected chi connectivity index (χ4v) is 2.76. The van der Waals surface area contributed by atoms with Crippen LogP contribution in [0.15, 0.2) is 23.4 Å². The molecule has 0 bridgehead atoms.